The number of rotatable bonds is 3. The lowest BCUT2D eigenvalue weighted by Crippen LogP contribution is -2.19. The minimum absolute atomic E-state index is 0.0362. The van der Waals surface area contributed by atoms with Gasteiger partial charge in [0.25, 0.3) is 11.4 Å². The minimum atomic E-state index is -0.0362. The molecule has 0 N–H and O–H groups in total. The molecule has 3 aromatic heterocycles. The summed E-state index contributed by atoms with van der Waals surface area (Å²) >= 11 is 1.40. The molecule has 0 aliphatic carbocycles. The molecule has 0 amide bonds. The standard InChI is InChI=1S/C18H16N4O2S/c1-4-22-9-19-17-13(18(22)23)11(3)14(25-17)16-20-15(21-24-16)12-7-5-6-10(2)8-12/h5-9H,4H2,1-3H3. The van der Waals surface area contributed by atoms with Gasteiger partial charge in [0.2, 0.25) is 5.82 Å². The molecule has 0 unspecified atom stereocenters. The molecule has 4 rings (SSSR count). The fraction of sp³-hybridized carbons (Fsp3) is 0.222. The highest BCUT2D eigenvalue weighted by molar-refractivity contribution is 7.22. The van der Waals surface area contributed by atoms with E-state index in [0.717, 1.165) is 21.6 Å². The van der Waals surface area contributed by atoms with E-state index in [1.807, 2.05) is 45.0 Å². The highest BCUT2D eigenvalue weighted by Gasteiger charge is 2.20. The van der Waals surface area contributed by atoms with Crippen LogP contribution in [0.1, 0.15) is 18.1 Å². The van der Waals surface area contributed by atoms with Crippen LogP contribution in [0, 0.1) is 13.8 Å². The maximum Gasteiger partial charge on any atom is 0.268 e. The molecular formula is C18H16N4O2S. The van der Waals surface area contributed by atoms with Crippen LogP contribution in [0.25, 0.3) is 32.4 Å². The molecule has 1 aromatic carbocycles. The number of aromatic nitrogens is 4. The van der Waals surface area contributed by atoms with Crippen molar-refractivity contribution < 1.29 is 4.52 Å². The molecule has 7 heteroatoms. The van der Waals surface area contributed by atoms with Crippen LogP contribution in [-0.2, 0) is 6.54 Å². The third kappa shape index (κ3) is 2.56. The van der Waals surface area contributed by atoms with Gasteiger partial charge < -0.3 is 4.52 Å². The topological polar surface area (TPSA) is 73.8 Å². The Hall–Kier alpha value is -2.80. The molecule has 126 valence electrons. The largest absolute Gasteiger partial charge is 0.333 e. The molecule has 4 aromatic rings. The lowest BCUT2D eigenvalue weighted by atomic mass is 10.1. The summed E-state index contributed by atoms with van der Waals surface area (Å²) in [6, 6.07) is 7.93. The van der Waals surface area contributed by atoms with Crippen LogP contribution in [0.5, 0.6) is 0 Å². The van der Waals surface area contributed by atoms with Gasteiger partial charge >= 0.3 is 0 Å². The van der Waals surface area contributed by atoms with Crippen molar-refractivity contribution in [2.24, 2.45) is 0 Å². The van der Waals surface area contributed by atoms with Crippen molar-refractivity contribution in [1.82, 2.24) is 19.7 Å². The van der Waals surface area contributed by atoms with E-state index in [4.69, 9.17) is 4.52 Å². The normalized spacial score (nSPS) is 11.3. The van der Waals surface area contributed by atoms with Crippen LogP contribution in [0.3, 0.4) is 0 Å². The SMILES string of the molecule is CCn1cnc2sc(-c3nc(-c4cccc(C)c4)no3)c(C)c2c1=O. The Labute approximate surface area is 147 Å². The van der Waals surface area contributed by atoms with Crippen LogP contribution in [-0.4, -0.2) is 19.7 Å². The second-order valence-electron chi connectivity index (χ2n) is 5.86. The van der Waals surface area contributed by atoms with E-state index >= 15 is 0 Å². The average molecular weight is 352 g/mol. The molecule has 0 radical (unpaired) electrons. The molecule has 0 atom stereocenters. The second-order valence-corrected chi connectivity index (χ2v) is 6.86. The monoisotopic (exact) mass is 352 g/mol. The molecule has 0 fully saturated rings. The Morgan fingerprint density at radius 3 is 2.88 bits per heavy atom. The van der Waals surface area contributed by atoms with E-state index in [1.165, 1.54) is 11.3 Å². The zero-order valence-electron chi connectivity index (χ0n) is 14.1. The predicted octanol–water partition coefficient (Wildman–Crippen LogP) is 3.81. The maximum atomic E-state index is 12.6. The molecule has 25 heavy (non-hydrogen) atoms. The zero-order valence-corrected chi connectivity index (χ0v) is 14.9. The third-order valence-electron chi connectivity index (χ3n) is 4.15. The Morgan fingerprint density at radius 2 is 2.12 bits per heavy atom. The van der Waals surface area contributed by atoms with Crippen LogP contribution in [0.4, 0.5) is 0 Å². The quantitative estimate of drug-likeness (QED) is 0.560. The summed E-state index contributed by atoms with van der Waals surface area (Å²) in [5.41, 5.74) is 2.83. The van der Waals surface area contributed by atoms with E-state index in [2.05, 4.69) is 15.1 Å². The van der Waals surface area contributed by atoms with Crippen molar-refractivity contribution in [3.8, 4) is 22.2 Å². The first-order chi connectivity index (χ1) is 12.1. The maximum absolute atomic E-state index is 12.6. The third-order valence-corrected chi connectivity index (χ3v) is 5.34. The highest BCUT2D eigenvalue weighted by Crippen LogP contribution is 2.35. The predicted molar refractivity (Wildman–Crippen MR) is 97.8 cm³/mol. The average Bonchev–Trinajstić information content (AvgIpc) is 3.20. The summed E-state index contributed by atoms with van der Waals surface area (Å²) in [4.78, 5) is 22.9. The number of nitrogens with zero attached hydrogens (tertiary/aromatic N) is 4. The summed E-state index contributed by atoms with van der Waals surface area (Å²) in [7, 11) is 0. The Balaban J connectivity index is 1.85. The van der Waals surface area contributed by atoms with Crippen molar-refractivity contribution in [2.75, 3.05) is 0 Å². The van der Waals surface area contributed by atoms with Gasteiger partial charge in [-0.2, -0.15) is 4.98 Å². The summed E-state index contributed by atoms with van der Waals surface area (Å²) in [6.45, 7) is 6.42. The number of benzene rings is 1. The molecule has 0 aliphatic heterocycles. The van der Waals surface area contributed by atoms with Crippen molar-refractivity contribution in [2.45, 2.75) is 27.3 Å². The Bertz CT molecular complexity index is 1140. The summed E-state index contributed by atoms with van der Waals surface area (Å²) in [5.74, 6) is 0.953. The van der Waals surface area contributed by atoms with Crippen LogP contribution >= 0.6 is 11.3 Å². The van der Waals surface area contributed by atoms with Gasteiger partial charge in [0, 0.05) is 12.1 Å². The number of hydrogen-bond acceptors (Lipinski definition) is 6. The van der Waals surface area contributed by atoms with Gasteiger partial charge in [0.15, 0.2) is 0 Å². The lowest BCUT2D eigenvalue weighted by Gasteiger charge is -1.99. The van der Waals surface area contributed by atoms with Crippen LogP contribution < -0.4 is 5.56 Å². The number of thiophene rings is 1. The van der Waals surface area contributed by atoms with Gasteiger partial charge in [0.1, 0.15) is 4.83 Å². The first kappa shape index (κ1) is 15.7. The first-order valence-corrected chi connectivity index (χ1v) is 8.79. The van der Waals surface area contributed by atoms with Crippen molar-refractivity contribution >= 4 is 21.6 Å². The van der Waals surface area contributed by atoms with Gasteiger partial charge in [-0.1, -0.05) is 28.9 Å². The summed E-state index contributed by atoms with van der Waals surface area (Å²) in [6.07, 6.45) is 1.58. The molecule has 3 heterocycles. The first-order valence-electron chi connectivity index (χ1n) is 7.98. The second kappa shape index (κ2) is 5.93. The molecular weight excluding hydrogens is 336 g/mol. The molecule has 0 aliphatic rings. The smallest absolute Gasteiger partial charge is 0.268 e. The Morgan fingerprint density at radius 1 is 1.28 bits per heavy atom. The minimum Gasteiger partial charge on any atom is -0.333 e. The molecule has 0 spiro atoms. The fourth-order valence-electron chi connectivity index (χ4n) is 2.81. The van der Waals surface area contributed by atoms with Crippen molar-refractivity contribution in [3.63, 3.8) is 0 Å². The van der Waals surface area contributed by atoms with E-state index in [0.29, 0.717) is 28.5 Å². The molecule has 6 nitrogen and oxygen atoms in total. The zero-order chi connectivity index (χ0) is 17.6. The lowest BCUT2D eigenvalue weighted by molar-refractivity contribution is 0.433. The number of aryl methyl sites for hydroxylation is 3. The molecule has 0 bridgehead atoms. The molecule has 0 saturated carbocycles. The van der Waals surface area contributed by atoms with Gasteiger partial charge in [-0.3, -0.25) is 9.36 Å². The Kier molecular flexibility index (Phi) is 3.73. The fourth-order valence-corrected chi connectivity index (χ4v) is 3.87. The van der Waals surface area contributed by atoms with Gasteiger partial charge in [0.05, 0.1) is 16.6 Å². The molecule has 0 saturated heterocycles. The van der Waals surface area contributed by atoms with E-state index in [1.54, 1.807) is 10.9 Å². The number of fused-ring (bicyclic) bond motifs is 1. The summed E-state index contributed by atoms with van der Waals surface area (Å²) < 4.78 is 7.06. The van der Waals surface area contributed by atoms with Gasteiger partial charge in [-0.25, -0.2) is 4.98 Å². The van der Waals surface area contributed by atoms with E-state index < -0.39 is 0 Å². The van der Waals surface area contributed by atoms with E-state index in [9.17, 15) is 4.79 Å². The van der Waals surface area contributed by atoms with E-state index in [-0.39, 0.29) is 5.56 Å². The van der Waals surface area contributed by atoms with Crippen LogP contribution in [0.2, 0.25) is 0 Å². The summed E-state index contributed by atoms with van der Waals surface area (Å²) in [5, 5.41) is 4.71. The highest BCUT2D eigenvalue weighted by atomic mass is 32.1. The van der Waals surface area contributed by atoms with Crippen molar-refractivity contribution in [3.05, 3.63) is 52.1 Å². The van der Waals surface area contributed by atoms with Crippen LogP contribution in [0.15, 0.2) is 39.9 Å². The van der Waals surface area contributed by atoms with Gasteiger partial charge in [-0.15, -0.1) is 11.3 Å². The number of hydrogen-bond donors (Lipinski definition) is 0. The van der Waals surface area contributed by atoms with Crippen molar-refractivity contribution in [1.29, 1.82) is 0 Å². The van der Waals surface area contributed by atoms with Gasteiger partial charge in [-0.05, 0) is 32.4 Å².